The minimum absolute atomic E-state index is 0.0173. The second-order valence-corrected chi connectivity index (χ2v) is 7.90. The largest absolute Gasteiger partial charge is 0.490 e. The van der Waals surface area contributed by atoms with Crippen LogP contribution in [0.25, 0.3) is 6.08 Å². The van der Waals surface area contributed by atoms with Gasteiger partial charge in [-0.3, -0.25) is 4.79 Å². The van der Waals surface area contributed by atoms with Gasteiger partial charge in [0.05, 0.1) is 12.2 Å². The third-order valence-electron chi connectivity index (χ3n) is 5.52. The van der Waals surface area contributed by atoms with E-state index in [1.165, 1.54) is 6.08 Å². The van der Waals surface area contributed by atoms with Gasteiger partial charge in [-0.05, 0) is 67.8 Å². The molecule has 0 aromatic heterocycles. The van der Waals surface area contributed by atoms with Crippen molar-refractivity contribution in [1.29, 1.82) is 5.26 Å². The van der Waals surface area contributed by atoms with Gasteiger partial charge in [0, 0.05) is 12.2 Å². The van der Waals surface area contributed by atoms with Crippen LogP contribution in [0.5, 0.6) is 11.5 Å². The van der Waals surface area contributed by atoms with Gasteiger partial charge in [-0.2, -0.15) is 5.26 Å². The summed E-state index contributed by atoms with van der Waals surface area (Å²) in [6, 6.07) is 21.8. The molecule has 6 heteroatoms. The molecule has 0 bridgehead atoms. The van der Waals surface area contributed by atoms with Gasteiger partial charge in [0.25, 0.3) is 5.91 Å². The zero-order valence-electron chi connectivity index (χ0n) is 19.1. The van der Waals surface area contributed by atoms with E-state index in [0.717, 1.165) is 23.2 Å². The van der Waals surface area contributed by atoms with E-state index in [2.05, 4.69) is 0 Å². The molecule has 3 aromatic carbocycles. The predicted octanol–water partition coefficient (Wildman–Crippen LogP) is 5.11. The number of hydrogen-bond donors (Lipinski definition) is 0. The zero-order valence-corrected chi connectivity index (χ0v) is 19.1. The highest BCUT2D eigenvalue weighted by Crippen LogP contribution is 2.32. The lowest BCUT2D eigenvalue weighted by atomic mass is 10.1. The molecule has 1 aliphatic rings. The molecule has 34 heavy (non-hydrogen) atoms. The summed E-state index contributed by atoms with van der Waals surface area (Å²) in [7, 11) is 0. The summed E-state index contributed by atoms with van der Waals surface area (Å²) < 4.78 is 11.2. The number of benzene rings is 3. The highest BCUT2D eigenvalue weighted by Gasteiger charge is 2.26. The Morgan fingerprint density at radius 2 is 1.88 bits per heavy atom. The summed E-state index contributed by atoms with van der Waals surface area (Å²) in [5, 5.41) is 9.69. The Balaban J connectivity index is 1.59. The standard InChI is InChI=1S/C28H24N2O4/c1-3-33-26-17-20(11-12-25(26)34-28(32)22-9-6-7-19(2)15-22)16-23(18-29)27(31)30-14-13-21-8-4-5-10-24(21)30/h4-12,15-17H,3,13-14H2,1-2H3/b23-16+. The van der Waals surface area contributed by atoms with E-state index < -0.39 is 5.97 Å². The average Bonchev–Trinajstić information content (AvgIpc) is 3.28. The van der Waals surface area contributed by atoms with E-state index in [1.807, 2.05) is 50.2 Å². The number of para-hydroxylation sites is 1. The summed E-state index contributed by atoms with van der Waals surface area (Å²) in [4.78, 5) is 27.3. The van der Waals surface area contributed by atoms with Crippen molar-refractivity contribution in [2.75, 3.05) is 18.1 Å². The fraction of sp³-hybridized carbons (Fsp3) is 0.179. The van der Waals surface area contributed by atoms with E-state index in [0.29, 0.717) is 30.0 Å². The molecule has 170 valence electrons. The first-order valence-electron chi connectivity index (χ1n) is 11.1. The molecule has 4 rings (SSSR count). The van der Waals surface area contributed by atoms with Gasteiger partial charge in [0.2, 0.25) is 0 Å². The number of esters is 1. The van der Waals surface area contributed by atoms with Crippen LogP contribution in [0.4, 0.5) is 5.69 Å². The van der Waals surface area contributed by atoms with Crippen LogP contribution in [0.3, 0.4) is 0 Å². The van der Waals surface area contributed by atoms with Crippen LogP contribution >= 0.6 is 0 Å². The van der Waals surface area contributed by atoms with Crippen LogP contribution in [0, 0.1) is 18.3 Å². The van der Waals surface area contributed by atoms with E-state index in [4.69, 9.17) is 9.47 Å². The number of amides is 1. The van der Waals surface area contributed by atoms with E-state index in [9.17, 15) is 14.9 Å². The summed E-state index contributed by atoms with van der Waals surface area (Å²) in [5.41, 5.74) is 3.93. The fourth-order valence-electron chi connectivity index (χ4n) is 3.90. The van der Waals surface area contributed by atoms with Crippen LogP contribution in [-0.4, -0.2) is 25.0 Å². The number of fused-ring (bicyclic) bond motifs is 1. The smallest absolute Gasteiger partial charge is 0.343 e. The molecule has 0 atom stereocenters. The van der Waals surface area contributed by atoms with Crippen LogP contribution in [0.1, 0.15) is 34.0 Å². The molecule has 3 aromatic rings. The number of aryl methyl sites for hydroxylation is 1. The van der Waals surface area contributed by atoms with Gasteiger partial charge >= 0.3 is 5.97 Å². The van der Waals surface area contributed by atoms with Crippen molar-refractivity contribution in [2.24, 2.45) is 0 Å². The first-order valence-corrected chi connectivity index (χ1v) is 11.1. The number of ether oxygens (including phenoxy) is 2. The van der Waals surface area contributed by atoms with Gasteiger partial charge < -0.3 is 14.4 Å². The number of nitriles is 1. The molecular formula is C28H24N2O4. The van der Waals surface area contributed by atoms with E-state index in [1.54, 1.807) is 41.3 Å². The SMILES string of the molecule is CCOc1cc(/C=C(\C#N)C(=O)N2CCc3ccccc32)ccc1OC(=O)c1cccc(C)c1. The third kappa shape index (κ3) is 4.84. The van der Waals surface area contributed by atoms with Crippen molar-refractivity contribution in [3.8, 4) is 17.6 Å². The third-order valence-corrected chi connectivity index (χ3v) is 5.52. The fourth-order valence-corrected chi connectivity index (χ4v) is 3.90. The molecule has 0 saturated carbocycles. The molecule has 0 fully saturated rings. The number of carbonyl (C=O) groups excluding carboxylic acids is 2. The van der Waals surface area contributed by atoms with Crippen molar-refractivity contribution in [3.05, 3.63) is 94.6 Å². The van der Waals surface area contributed by atoms with E-state index >= 15 is 0 Å². The molecule has 0 spiro atoms. The van der Waals surface area contributed by atoms with E-state index in [-0.39, 0.29) is 17.2 Å². The Labute approximate surface area is 198 Å². The monoisotopic (exact) mass is 452 g/mol. The van der Waals surface area contributed by atoms with Crippen molar-refractivity contribution in [3.63, 3.8) is 0 Å². The minimum Gasteiger partial charge on any atom is -0.490 e. The number of hydrogen-bond acceptors (Lipinski definition) is 5. The lowest BCUT2D eigenvalue weighted by molar-refractivity contribution is -0.114. The summed E-state index contributed by atoms with van der Waals surface area (Å²) in [6.07, 6.45) is 2.29. The molecular weight excluding hydrogens is 428 g/mol. The number of rotatable bonds is 6. The molecule has 0 N–H and O–H groups in total. The predicted molar refractivity (Wildman–Crippen MR) is 130 cm³/mol. The normalized spacial score (nSPS) is 12.6. The highest BCUT2D eigenvalue weighted by molar-refractivity contribution is 6.12. The topological polar surface area (TPSA) is 79.6 Å². The lowest BCUT2D eigenvalue weighted by Gasteiger charge is -2.16. The maximum absolute atomic E-state index is 13.1. The lowest BCUT2D eigenvalue weighted by Crippen LogP contribution is -2.29. The van der Waals surface area contributed by atoms with Gasteiger partial charge in [0.15, 0.2) is 11.5 Å². The Hall–Kier alpha value is -4.37. The summed E-state index contributed by atoms with van der Waals surface area (Å²) in [5.74, 6) is -0.216. The first kappa shape index (κ1) is 22.8. The number of carbonyl (C=O) groups is 2. The van der Waals surface area contributed by atoms with Crippen LogP contribution < -0.4 is 14.4 Å². The molecule has 0 radical (unpaired) electrons. The van der Waals surface area contributed by atoms with Gasteiger partial charge in [-0.15, -0.1) is 0 Å². The quantitative estimate of drug-likeness (QED) is 0.225. The van der Waals surface area contributed by atoms with Gasteiger partial charge in [-0.25, -0.2) is 4.79 Å². The molecule has 1 heterocycles. The second-order valence-electron chi connectivity index (χ2n) is 7.90. The van der Waals surface area contributed by atoms with Crippen molar-refractivity contribution in [2.45, 2.75) is 20.3 Å². The molecule has 0 aliphatic carbocycles. The zero-order chi connectivity index (χ0) is 24.1. The average molecular weight is 453 g/mol. The van der Waals surface area contributed by atoms with Crippen LogP contribution in [0.15, 0.2) is 72.3 Å². The Kier molecular flexibility index (Phi) is 6.74. The van der Waals surface area contributed by atoms with Crippen LogP contribution in [-0.2, 0) is 11.2 Å². The van der Waals surface area contributed by atoms with Gasteiger partial charge in [0.1, 0.15) is 11.6 Å². The maximum Gasteiger partial charge on any atom is 0.343 e. The highest BCUT2D eigenvalue weighted by atomic mass is 16.6. The summed E-state index contributed by atoms with van der Waals surface area (Å²) >= 11 is 0. The van der Waals surface area contributed by atoms with Crippen LogP contribution in [0.2, 0.25) is 0 Å². The maximum atomic E-state index is 13.1. The molecule has 0 unspecified atom stereocenters. The van der Waals surface area contributed by atoms with Crippen molar-refractivity contribution < 1.29 is 19.1 Å². The molecule has 1 amide bonds. The minimum atomic E-state index is -0.492. The molecule has 1 aliphatic heterocycles. The first-order chi connectivity index (χ1) is 16.5. The second kappa shape index (κ2) is 10.1. The number of anilines is 1. The van der Waals surface area contributed by atoms with Crippen molar-refractivity contribution >= 4 is 23.6 Å². The Bertz CT molecular complexity index is 1320. The van der Waals surface area contributed by atoms with Crippen molar-refractivity contribution in [1.82, 2.24) is 0 Å². The molecule has 0 saturated heterocycles. The number of nitrogens with zero attached hydrogens (tertiary/aromatic N) is 2. The summed E-state index contributed by atoms with van der Waals surface area (Å²) in [6.45, 7) is 4.62. The Morgan fingerprint density at radius 1 is 1.06 bits per heavy atom. The Morgan fingerprint density at radius 3 is 2.65 bits per heavy atom. The molecule has 6 nitrogen and oxygen atoms in total. The van der Waals surface area contributed by atoms with Gasteiger partial charge in [-0.1, -0.05) is 42.0 Å².